The van der Waals surface area contributed by atoms with Gasteiger partial charge in [0.25, 0.3) is 0 Å². The number of hydrogen-bond donors (Lipinski definition) is 1. The number of methoxy groups -OCH3 is 2. The maximum atomic E-state index is 12.7. The molecule has 1 amide bonds. The zero-order valence-electron chi connectivity index (χ0n) is 19.1. The number of aromatic nitrogens is 3. The maximum absolute atomic E-state index is 12.7. The number of carbonyl (C=O) groups excluding carboxylic acids is 1. The molecule has 0 saturated heterocycles. The number of nitrogens with one attached hydrogen (secondary N) is 1. The standard InChI is InChI=1S/C26H26N4O3S/c1-32-22-14-8-6-12-20(22)25-28-29-26(30(25)17-16-19-10-4-3-5-11-19)34-18-24(31)27-21-13-7-9-15-23(21)33-2/h3-15H,16-18H2,1-2H3,(H,27,31). The molecule has 4 rings (SSSR count). The number of carbonyl (C=O) groups is 1. The van der Waals surface area contributed by atoms with Gasteiger partial charge in [-0.25, -0.2) is 0 Å². The summed E-state index contributed by atoms with van der Waals surface area (Å²) in [6.45, 7) is 0.668. The fourth-order valence-corrected chi connectivity index (χ4v) is 4.34. The van der Waals surface area contributed by atoms with Gasteiger partial charge in [-0.3, -0.25) is 4.79 Å². The molecule has 0 fully saturated rings. The van der Waals surface area contributed by atoms with Crippen molar-refractivity contribution in [1.29, 1.82) is 0 Å². The average molecular weight is 475 g/mol. The Balaban J connectivity index is 1.55. The van der Waals surface area contributed by atoms with Crippen molar-refractivity contribution in [3.63, 3.8) is 0 Å². The summed E-state index contributed by atoms with van der Waals surface area (Å²) >= 11 is 1.35. The molecule has 0 bridgehead atoms. The van der Waals surface area contributed by atoms with Gasteiger partial charge >= 0.3 is 0 Å². The van der Waals surface area contributed by atoms with E-state index < -0.39 is 0 Å². The first-order chi connectivity index (χ1) is 16.7. The van der Waals surface area contributed by atoms with E-state index in [0.717, 1.165) is 17.7 Å². The molecule has 0 saturated carbocycles. The van der Waals surface area contributed by atoms with Crippen LogP contribution in [0, 0.1) is 0 Å². The summed E-state index contributed by atoms with van der Waals surface area (Å²) in [6, 6.07) is 25.3. The maximum Gasteiger partial charge on any atom is 0.234 e. The van der Waals surface area contributed by atoms with E-state index in [0.29, 0.717) is 29.0 Å². The van der Waals surface area contributed by atoms with Crippen molar-refractivity contribution in [2.75, 3.05) is 25.3 Å². The summed E-state index contributed by atoms with van der Waals surface area (Å²) in [5.74, 6) is 2.09. The summed E-state index contributed by atoms with van der Waals surface area (Å²) in [6.07, 6.45) is 0.808. The van der Waals surface area contributed by atoms with E-state index >= 15 is 0 Å². The van der Waals surface area contributed by atoms with E-state index in [2.05, 4.69) is 27.6 Å². The molecule has 174 valence electrons. The molecule has 4 aromatic rings. The highest BCUT2D eigenvalue weighted by Crippen LogP contribution is 2.31. The van der Waals surface area contributed by atoms with Crippen molar-refractivity contribution in [1.82, 2.24) is 14.8 Å². The molecule has 0 atom stereocenters. The topological polar surface area (TPSA) is 78.3 Å². The summed E-state index contributed by atoms with van der Waals surface area (Å²) in [5.41, 5.74) is 2.71. The lowest BCUT2D eigenvalue weighted by Gasteiger charge is -2.13. The van der Waals surface area contributed by atoms with Crippen LogP contribution >= 0.6 is 11.8 Å². The Bertz CT molecular complexity index is 1240. The Morgan fingerprint density at radius 3 is 2.32 bits per heavy atom. The van der Waals surface area contributed by atoms with Gasteiger partial charge in [-0.2, -0.15) is 0 Å². The number of nitrogens with zero attached hydrogens (tertiary/aromatic N) is 3. The van der Waals surface area contributed by atoms with Crippen molar-refractivity contribution < 1.29 is 14.3 Å². The van der Waals surface area contributed by atoms with Crippen molar-refractivity contribution in [2.24, 2.45) is 0 Å². The van der Waals surface area contributed by atoms with Crippen LogP contribution in [0.2, 0.25) is 0 Å². The van der Waals surface area contributed by atoms with Gasteiger partial charge in [0.1, 0.15) is 11.5 Å². The van der Waals surface area contributed by atoms with Crippen LogP contribution in [-0.4, -0.2) is 40.6 Å². The number of ether oxygens (including phenoxy) is 2. The zero-order valence-corrected chi connectivity index (χ0v) is 19.9. The van der Waals surface area contributed by atoms with Crippen LogP contribution in [0.5, 0.6) is 11.5 Å². The minimum atomic E-state index is -0.147. The summed E-state index contributed by atoms with van der Waals surface area (Å²) in [4.78, 5) is 12.7. The van der Waals surface area contributed by atoms with Crippen LogP contribution in [-0.2, 0) is 17.8 Å². The third-order valence-electron chi connectivity index (χ3n) is 5.25. The Labute approximate surface area is 203 Å². The molecule has 0 spiro atoms. The highest BCUT2D eigenvalue weighted by molar-refractivity contribution is 7.99. The molecule has 3 aromatic carbocycles. The molecule has 0 aliphatic rings. The normalized spacial score (nSPS) is 10.6. The number of amides is 1. The van der Waals surface area contributed by atoms with Gasteiger partial charge < -0.3 is 19.4 Å². The number of rotatable bonds is 10. The minimum absolute atomic E-state index is 0.147. The number of para-hydroxylation sites is 3. The molecule has 1 aromatic heterocycles. The Hall–Kier alpha value is -3.78. The largest absolute Gasteiger partial charge is 0.496 e. The third-order valence-corrected chi connectivity index (χ3v) is 6.21. The predicted octanol–water partition coefficient (Wildman–Crippen LogP) is 4.94. The number of anilines is 1. The summed E-state index contributed by atoms with van der Waals surface area (Å²) < 4.78 is 12.9. The van der Waals surface area contributed by atoms with Crippen molar-refractivity contribution in [2.45, 2.75) is 18.1 Å². The highest BCUT2D eigenvalue weighted by Gasteiger charge is 2.18. The fourth-order valence-electron chi connectivity index (χ4n) is 3.58. The van der Waals surface area contributed by atoms with Gasteiger partial charge in [0, 0.05) is 6.54 Å². The van der Waals surface area contributed by atoms with Gasteiger partial charge in [-0.1, -0.05) is 66.4 Å². The first kappa shape index (κ1) is 23.4. The van der Waals surface area contributed by atoms with Crippen LogP contribution in [0.1, 0.15) is 5.56 Å². The van der Waals surface area contributed by atoms with E-state index in [1.807, 2.05) is 71.3 Å². The minimum Gasteiger partial charge on any atom is -0.496 e. The number of aryl methyl sites for hydroxylation is 1. The van der Waals surface area contributed by atoms with Crippen LogP contribution in [0.3, 0.4) is 0 Å². The first-order valence-corrected chi connectivity index (χ1v) is 11.8. The lowest BCUT2D eigenvalue weighted by Crippen LogP contribution is -2.15. The SMILES string of the molecule is COc1ccccc1NC(=O)CSc1nnc(-c2ccccc2OC)n1CCc1ccccc1. The molecule has 1 heterocycles. The quantitative estimate of drug-likeness (QED) is 0.328. The van der Waals surface area contributed by atoms with E-state index in [9.17, 15) is 4.79 Å². The van der Waals surface area contributed by atoms with E-state index in [-0.39, 0.29) is 11.7 Å². The summed E-state index contributed by atoms with van der Waals surface area (Å²) in [5, 5.41) is 12.4. The second-order valence-corrected chi connectivity index (χ2v) is 8.37. The second kappa shape index (κ2) is 11.4. The number of thioether (sulfide) groups is 1. The lowest BCUT2D eigenvalue weighted by molar-refractivity contribution is -0.113. The molecular formula is C26H26N4O3S. The van der Waals surface area contributed by atoms with Gasteiger partial charge in [-0.15, -0.1) is 10.2 Å². The summed E-state index contributed by atoms with van der Waals surface area (Å²) in [7, 11) is 3.22. The highest BCUT2D eigenvalue weighted by atomic mass is 32.2. The molecule has 0 aliphatic carbocycles. The number of benzene rings is 3. The van der Waals surface area contributed by atoms with Gasteiger partial charge in [-0.05, 0) is 36.2 Å². The smallest absolute Gasteiger partial charge is 0.234 e. The van der Waals surface area contributed by atoms with Crippen molar-refractivity contribution in [3.05, 3.63) is 84.4 Å². The zero-order chi connectivity index (χ0) is 23.8. The molecular weight excluding hydrogens is 448 g/mol. The van der Waals surface area contributed by atoms with Crippen LogP contribution in [0.25, 0.3) is 11.4 Å². The fraction of sp³-hybridized carbons (Fsp3) is 0.192. The van der Waals surface area contributed by atoms with Crippen LogP contribution in [0.4, 0.5) is 5.69 Å². The first-order valence-electron chi connectivity index (χ1n) is 10.9. The lowest BCUT2D eigenvalue weighted by atomic mass is 10.1. The monoisotopic (exact) mass is 474 g/mol. The van der Waals surface area contributed by atoms with E-state index in [1.165, 1.54) is 17.3 Å². The van der Waals surface area contributed by atoms with Gasteiger partial charge in [0.05, 0.1) is 31.2 Å². The second-order valence-electron chi connectivity index (χ2n) is 7.43. The van der Waals surface area contributed by atoms with E-state index in [4.69, 9.17) is 9.47 Å². The third kappa shape index (κ3) is 5.58. The Morgan fingerprint density at radius 1 is 0.882 bits per heavy atom. The van der Waals surface area contributed by atoms with Crippen molar-refractivity contribution >= 4 is 23.4 Å². The average Bonchev–Trinajstić information content (AvgIpc) is 3.29. The van der Waals surface area contributed by atoms with Gasteiger partial charge in [0.15, 0.2) is 11.0 Å². The number of hydrogen-bond acceptors (Lipinski definition) is 6. The molecule has 8 heteroatoms. The molecule has 0 unspecified atom stereocenters. The van der Waals surface area contributed by atoms with Crippen LogP contribution < -0.4 is 14.8 Å². The molecule has 1 N–H and O–H groups in total. The molecule has 7 nitrogen and oxygen atoms in total. The van der Waals surface area contributed by atoms with Crippen molar-refractivity contribution in [3.8, 4) is 22.9 Å². The predicted molar refractivity (Wildman–Crippen MR) is 135 cm³/mol. The molecule has 0 radical (unpaired) electrons. The molecule has 34 heavy (non-hydrogen) atoms. The Morgan fingerprint density at radius 2 is 1.56 bits per heavy atom. The Kier molecular flexibility index (Phi) is 7.83. The molecule has 0 aliphatic heterocycles. The van der Waals surface area contributed by atoms with Crippen LogP contribution in [0.15, 0.2) is 84.0 Å². The van der Waals surface area contributed by atoms with Gasteiger partial charge in [0.2, 0.25) is 5.91 Å². The van der Waals surface area contributed by atoms with E-state index in [1.54, 1.807) is 14.2 Å².